The first-order valence-corrected chi connectivity index (χ1v) is 7.59. The highest BCUT2D eigenvalue weighted by molar-refractivity contribution is 4.94. The molecule has 0 spiro atoms. The fourth-order valence-corrected chi connectivity index (χ4v) is 3.11. The molecule has 0 radical (unpaired) electrons. The predicted molar refractivity (Wildman–Crippen MR) is 75.6 cm³/mol. The van der Waals surface area contributed by atoms with Crippen LogP contribution in [0.4, 0.5) is 0 Å². The van der Waals surface area contributed by atoms with Gasteiger partial charge in [-0.3, -0.25) is 0 Å². The van der Waals surface area contributed by atoms with Crippen molar-refractivity contribution in [1.29, 1.82) is 0 Å². The zero-order chi connectivity index (χ0) is 12.6. The van der Waals surface area contributed by atoms with Crippen molar-refractivity contribution in [1.82, 2.24) is 15.3 Å². The summed E-state index contributed by atoms with van der Waals surface area (Å²) in [5.41, 5.74) is 1.24. The normalized spacial score (nSPS) is 24.9. The molecule has 3 heteroatoms. The van der Waals surface area contributed by atoms with Gasteiger partial charge in [-0.25, -0.2) is 4.98 Å². The van der Waals surface area contributed by atoms with Gasteiger partial charge in [0.25, 0.3) is 0 Å². The number of nitrogens with one attached hydrogen (secondary N) is 2. The first kappa shape index (κ1) is 13.6. The molecule has 3 nitrogen and oxygen atoms in total. The van der Waals surface area contributed by atoms with Gasteiger partial charge < -0.3 is 10.3 Å². The number of nitrogens with zero attached hydrogens (tertiary/aromatic N) is 1. The van der Waals surface area contributed by atoms with Crippen molar-refractivity contribution in [2.45, 2.75) is 64.3 Å². The lowest BCUT2D eigenvalue weighted by atomic mass is 9.95. The maximum absolute atomic E-state index is 4.05. The molecule has 1 heterocycles. The van der Waals surface area contributed by atoms with Crippen LogP contribution in [-0.2, 0) is 6.42 Å². The van der Waals surface area contributed by atoms with E-state index in [1.807, 2.05) is 6.20 Å². The second-order valence-corrected chi connectivity index (χ2v) is 5.64. The molecule has 1 aromatic heterocycles. The summed E-state index contributed by atoms with van der Waals surface area (Å²) in [5, 5.41) is 3.71. The Labute approximate surface area is 111 Å². The van der Waals surface area contributed by atoms with Gasteiger partial charge in [-0.1, -0.05) is 32.6 Å². The molecular formula is C15H27N3. The van der Waals surface area contributed by atoms with Crippen LogP contribution in [0.2, 0.25) is 0 Å². The van der Waals surface area contributed by atoms with Crippen molar-refractivity contribution >= 4 is 0 Å². The Balaban J connectivity index is 1.64. The van der Waals surface area contributed by atoms with Gasteiger partial charge in [0, 0.05) is 30.9 Å². The number of hydrogen-bond acceptors (Lipinski definition) is 2. The smallest absolute Gasteiger partial charge is 0.0921 e. The van der Waals surface area contributed by atoms with E-state index in [9.17, 15) is 0 Å². The first-order chi connectivity index (χ1) is 8.88. The van der Waals surface area contributed by atoms with Crippen LogP contribution < -0.4 is 5.32 Å². The van der Waals surface area contributed by atoms with Gasteiger partial charge in [-0.05, 0) is 25.2 Å². The second kappa shape index (κ2) is 7.57. The molecule has 0 aliphatic heterocycles. The number of aromatic amines is 1. The van der Waals surface area contributed by atoms with E-state index >= 15 is 0 Å². The number of aromatic nitrogens is 2. The van der Waals surface area contributed by atoms with Gasteiger partial charge in [0.1, 0.15) is 0 Å². The van der Waals surface area contributed by atoms with E-state index in [1.165, 1.54) is 50.6 Å². The van der Waals surface area contributed by atoms with E-state index in [-0.39, 0.29) is 0 Å². The molecule has 1 saturated carbocycles. The highest BCUT2D eigenvalue weighted by atomic mass is 14.9. The number of H-pyrrole nitrogens is 1. The lowest BCUT2D eigenvalue weighted by molar-refractivity contribution is 0.410. The highest BCUT2D eigenvalue weighted by Crippen LogP contribution is 2.26. The molecule has 2 unspecified atom stereocenters. The molecule has 1 aliphatic rings. The summed E-state index contributed by atoms with van der Waals surface area (Å²) in [4.78, 5) is 7.21. The van der Waals surface area contributed by atoms with Crippen LogP contribution >= 0.6 is 0 Å². The zero-order valence-electron chi connectivity index (χ0n) is 11.6. The minimum absolute atomic E-state index is 0.745. The van der Waals surface area contributed by atoms with Gasteiger partial charge in [0.2, 0.25) is 0 Å². The standard InChI is InChI=1S/C15H27N3/c1-2-4-13-5-3-6-14(8-7-13)17-10-9-15-11-16-12-18-15/h11-14,17H,2-10H2,1H3,(H,16,18). The van der Waals surface area contributed by atoms with E-state index in [4.69, 9.17) is 0 Å². The molecule has 2 rings (SSSR count). The monoisotopic (exact) mass is 249 g/mol. The molecular weight excluding hydrogens is 222 g/mol. The maximum atomic E-state index is 4.05. The minimum atomic E-state index is 0.745. The molecule has 1 aliphatic carbocycles. The number of imidazole rings is 1. The Bertz CT molecular complexity index is 308. The number of hydrogen-bond donors (Lipinski definition) is 2. The molecule has 2 atom stereocenters. The molecule has 2 N–H and O–H groups in total. The predicted octanol–water partition coefficient (Wildman–Crippen LogP) is 3.29. The van der Waals surface area contributed by atoms with Crippen LogP contribution in [0.3, 0.4) is 0 Å². The fourth-order valence-electron chi connectivity index (χ4n) is 3.11. The van der Waals surface area contributed by atoms with Crippen molar-refractivity contribution in [3.05, 3.63) is 18.2 Å². The van der Waals surface area contributed by atoms with Crippen LogP contribution in [0, 0.1) is 5.92 Å². The summed E-state index contributed by atoms with van der Waals surface area (Å²) < 4.78 is 0. The van der Waals surface area contributed by atoms with Gasteiger partial charge in [0.15, 0.2) is 0 Å². The summed E-state index contributed by atoms with van der Waals surface area (Å²) >= 11 is 0. The Morgan fingerprint density at radius 2 is 2.28 bits per heavy atom. The van der Waals surface area contributed by atoms with Crippen LogP contribution in [0.5, 0.6) is 0 Å². The fraction of sp³-hybridized carbons (Fsp3) is 0.800. The molecule has 18 heavy (non-hydrogen) atoms. The summed E-state index contributed by atoms with van der Waals surface area (Å²) in [5.74, 6) is 0.995. The van der Waals surface area contributed by atoms with E-state index in [0.29, 0.717) is 0 Å². The maximum Gasteiger partial charge on any atom is 0.0921 e. The minimum Gasteiger partial charge on any atom is -0.348 e. The van der Waals surface area contributed by atoms with E-state index in [2.05, 4.69) is 22.2 Å². The molecule has 0 aromatic carbocycles. The molecule has 0 saturated heterocycles. The van der Waals surface area contributed by atoms with E-state index < -0.39 is 0 Å². The van der Waals surface area contributed by atoms with Crippen LogP contribution in [0.1, 0.15) is 57.6 Å². The van der Waals surface area contributed by atoms with Crippen molar-refractivity contribution in [2.75, 3.05) is 6.54 Å². The van der Waals surface area contributed by atoms with Gasteiger partial charge in [0.05, 0.1) is 6.33 Å². The van der Waals surface area contributed by atoms with Crippen LogP contribution in [-0.4, -0.2) is 22.6 Å². The third kappa shape index (κ3) is 4.45. The zero-order valence-corrected chi connectivity index (χ0v) is 11.6. The summed E-state index contributed by atoms with van der Waals surface area (Å²) in [6.45, 7) is 3.39. The first-order valence-electron chi connectivity index (χ1n) is 7.59. The topological polar surface area (TPSA) is 40.7 Å². The summed E-state index contributed by atoms with van der Waals surface area (Å²) in [7, 11) is 0. The van der Waals surface area contributed by atoms with E-state index in [1.54, 1.807) is 6.33 Å². The summed E-state index contributed by atoms with van der Waals surface area (Å²) in [6, 6.07) is 0.745. The van der Waals surface area contributed by atoms with E-state index in [0.717, 1.165) is 24.9 Å². The molecule has 102 valence electrons. The third-order valence-electron chi connectivity index (χ3n) is 4.17. The molecule has 1 fully saturated rings. The Morgan fingerprint density at radius 3 is 3.06 bits per heavy atom. The lowest BCUT2D eigenvalue weighted by Gasteiger charge is -2.16. The van der Waals surface area contributed by atoms with Crippen LogP contribution in [0.25, 0.3) is 0 Å². The average molecular weight is 249 g/mol. The largest absolute Gasteiger partial charge is 0.348 e. The van der Waals surface area contributed by atoms with Crippen molar-refractivity contribution < 1.29 is 0 Å². The lowest BCUT2D eigenvalue weighted by Crippen LogP contribution is -2.30. The van der Waals surface area contributed by atoms with Gasteiger partial charge in [-0.15, -0.1) is 0 Å². The van der Waals surface area contributed by atoms with Crippen LogP contribution in [0.15, 0.2) is 12.5 Å². The Kier molecular flexibility index (Phi) is 5.72. The molecule has 1 aromatic rings. The number of rotatable bonds is 6. The quantitative estimate of drug-likeness (QED) is 0.760. The molecule has 0 amide bonds. The Hall–Kier alpha value is -0.830. The Morgan fingerprint density at radius 1 is 1.33 bits per heavy atom. The van der Waals surface area contributed by atoms with Crippen molar-refractivity contribution in [2.24, 2.45) is 5.92 Å². The second-order valence-electron chi connectivity index (χ2n) is 5.64. The van der Waals surface area contributed by atoms with Crippen molar-refractivity contribution in [3.8, 4) is 0 Å². The summed E-state index contributed by atoms with van der Waals surface area (Å²) in [6.07, 6.45) is 14.5. The average Bonchev–Trinajstić information content (AvgIpc) is 2.78. The van der Waals surface area contributed by atoms with Gasteiger partial charge in [-0.2, -0.15) is 0 Å². The highest BCUT2D eigenvalue weighted by Gasteiger charge is 2.17. The molecule has 0 bridgehead atoms. The SMILES string of the molecule is CCCC1CCCC(NCCc2cnc[nH]2)CC1. The third-order valence-corrected chi connectivity index (χ3v) is 4.17. The van der Waals surface area contributed by atoms with Crippen molar-refractivity contribution in [3.63, 3.8) is 0 Å². The van der Waals surface area contributed by atoms with Gasteiger partial charge >= 0.3 is 0 Å².